The number of halogens is 3. The molecule has 0 aromatic carbocycles. The van der Waals surface area contributed by atoms with Crippen molar-refractivity contribution in [1.29, 1.82) is 0 Å². The molecule has 0 aliphatic carbocycles. The lowest BCUT2D eigenvalue weighted by Gasteiger charge is -2.39. The lowest BCUT2D eigenvalue weighted by atomic mass is 9.77. The molecule has 0 aromatic heterocycles. The van der Waals surface area contributed by atoms with Crippen molar-refractivity contribution in [2.24, 2.45) is 11.3 Å². The van der Waals surface area contributed by atoms with Crippen LogP contribution in [0, 0.1) is 11.3 Å². The van der Waals surface area contributed by atoms with Gasteiger partial charge in [-0.3, -0.25) is 4.90 Å². The Hall–Kier alpha value is -0.250. The molecule has 0 aliphatic heterocycles. The van der Waals surface area contributed by atoms with Crippen LogP contribution in [-0.4, -0.2) is 30.2 Å². The zero-order chi connectivity index (χ0) is 13.1. The second kappa shape index (κ2) is 5.39. The van der Waals surface area contributed by atoms with Crippen LogP contribution >= 0.6 is 0 Å². The minimum absolute atomic E-state index is 0.0262. The van der Waals surface area contributed by atoms with Crippen molar-refractivity contribution in [3.8, 4) is 0 Å². The van der Waals surface area contributed by atoms with Crippen molar-refractivity contribution in [2.45, 2.75) is 53.8 Å². The van der Waals surface area contributed by atoms with E-state index in [4.69, 9.17) is 0 Å². The van der Waals surface area contributed by atoms with Crippen LogP contribution in [0.25, 0.3) is 0 Å². The van der Waals surface area contributed by atoms with E-state index in [-0.39, 0.29) is 17.4 Å². The maximum Gasteiger partial charge on any atom is 0.401 e. The molecule has 0 fully saturated rings. The Balaban J connectivity index is 4.60. The summed E-state index contributed by atoms with van der Waals surface area (Å²) in [6, 6.07) is -0.0633. The maximum atomic E-state index is 12.4. The summed E-state index contributed by atoms with van der Waals surface area (Å²) in [5.74, 6) is 0.217. The molecule has 0 saturated heterocycles. The van der Waals surface area contributed by atoms with Crippen molar-refractivity contribution < 1.29 is 13.2 Å². The maximum absolute atomic E-state index is 12.4. The van der Waals surface area contributed by atoms with Crippen molar-refractivity contribution in [2.75, 3.05) is 13.1 Å². The van der Waals surface area contributed by atoms with Crippen LogP contribution in [0.3, 0.4) is 0 Å². The van der Waals surface area contributed by atoms with Gasteiger partial charge in [0.15, 0.2) is 0 Å². The van der Waals surface area contributed by atoms with E-state index in [1.54, 1.807) is 6.92 Å². The number of nitrogens with zero attached hydrogens (tertiary/aromatic N) is 1. The fourth-order valence-electron chi connectivity index (χ4n) is 1.81. The predicted octanol–water partition coefficient (Wildman–Crippen LogP) is 3.94. The third-order valence-electron chi connectivity index (χ3n) is 3.45. The van der Waals surface area contributed by atoms with Gasteiger partial charge in [-0.1, -0.05) is 34.6 Å². The van der Waals surface area contributed by atoms with Gasteiger partial charge in [-0.2, -0.15) is 13.2 Å². The van der Waals surface area contributed by atoms with Crippen molar-refractivity contribution in [3.05, 3.63) is 0 Å². The summed E-state index contributed by atoms with van der Waals surface area (Å²) in [5, 5.41) is 0. The summed E-state index contributed by atoms with van der Waals surface area (Å²) < 4.78 is 37.1. The van der Waals surface area contributed by atoms with E-state index in [1.165, 1.54) is 4.90 Å². The average Bonchev–Trinajstić information content (AvgIpc) is 2.08. The highest BCUT2D eigenvalue weighted by molar-refractivity contribution is 4.81. The highest BCUT2D eigenvalue weighted by Gasteiger charge is 2.35. The lowest BCUT2D eigenvalue weighted by molar-refractivity contribution is -0.153. The first-order valence-corrected chi connectivity index (χ1v) is 5.79. The monoisotopic (exact) mass is 239 g/mol. The van der Waals surface area contributed by atoms with Crippen molar-refractivity contribution in [3.63, 3.8) is 0 Å². The molecule has 0 radical (unpaired) electrons. The third-order valence-corrected chi connectivity index (χ3v) is 3.45. The Labute approximate surface area is 97.0 Å². The molecule has 0 rings (SSSR count). The van der Waals surface area contributed by atoms with Crippen LogP contribution in [0.15, 0.2) is 0 Å². The Kier molecular flexibility index (Phi) is 5.30. The van der Waals surface area contributed by atoms with E-state index in [0.29, 0.717) is 6.54 Å². The van der Waals surface area contributed by atoms with E-state index in [9.17, 15) is 13.2 Å². The summed E-state index contributed by atoms with van der Waals surface area (Å²) in [5.41, 5.74) is 0.0262. The molecule has 16 heavy (non-hydrogen) atoms. The molecular formula is C12H24F3N. The van der Waals surface area contributed by atoms with Crippen molar-refractivity contribution in [1.82, 2.24) is 4.90 Å². The van der Waals surface area contributed by atoms with Gasteiger partial charge in [-0.15, -0.1) is 0 Å². The molecule has 2 unspecified atom stereocenters. The van der Waals surface area contributed by atoms with Gasteiger partial charge in [-0.25, -0.2) is 0 Å². The first kappa shape index (κ1) is 15.8. The van der Waals surface area contributed by atoms with E-state index in [1.807, 2.05) is 13.8 Å². The first-order valence-electron chi connectivity index (χ1n) is 5.79. The quantitative estimate of drug-likeness (QED) is 0.718. The largest absolute Gasteiger partial charge is 0.401 e. The van der Waals surface area contributed by atoms with Crippen LogP contribution in [0.4, 0.5) is 13.2 Å². The molecule has 1 nitrogen and oxygen atoms in total. The van der Waals surface area contributed by atoms with Gasteiger partial charge in [0.2, 0.25) is 0 Å². The highest BCUT2D eigenvalue weighted by Crippen LogP contribution is 2.31. The molecule has 0 heterocycles. The standard InChI is InChI=1S/C12H24F3N/c1-7-16(8-12(13,14)15)10(3)9(2)11(4,5)6/h9-10H,7-8H2,1-6H3. The molecule has 98 valence electrons. The summed E-state index contributed by atoms with van der Waals surface area (Å²) in [6.45, 7) is 11.5. The fraction of sp³-hybridized carbons (Fsp3) is 1.00. The van der Waals surface area contributed by atoms with Gasteiger partial charge in [0, 0.05) is 6.04 Å². The SMILES string of the molecule is CCN(CC(F)(F)F)C(C)C(C)C(C)(C)C. The molecule has 2 atom stereocenters. The molecule has 0 bridgehead atoms. The van der Waals surface area contributed by atoms with Gasteiger partial charge < -0.3 is 0 Å². The summed E-state index contributed by atoms with van der Waals surface area (Å²) in [4.78, 5) is 1.50. The summed E-state index contributed by atoms with van der Waals surface area (Å²) in [6.07, 6.45) is -4.11. The Morgan fingerprint density at radius 3 is 1.75 bits per heavy atom. The fourth-order valence-corrected chi connectivity index (χ4v) is 1.81. The second-order valence-electron chi connectivity index (χ2n) is 5.57. The first-order chi connectivity index (χ1) is 6.99. The van der Waals surface area contributed by atoms with Gasteiger partial charge in [0.25, 0.3) is 0 Å². The Morgan fingerprint density at radius 2 is 1.50 bits per heavy atom. The number of rotatable bonds is 4. The topological polar surface area (TPSA) is 3.24 Å². The van der Waals surface area contributed by atoms with E-state index < -0.39 is 12.7 Å². The molecule has 0 aliphatic rings. The predicted molar refractivity (Wildman–Crippen MR) is 61.4 cm³/mol. The van der Waals surface area contributed by atoms with Gasteiger partial charge in [0.1, 0.15) is 0 Å². The molecule has 0 amide bonds. The molecule has 0 aromatic rings. The Bertz CT molecular complexity index is 205. The van der Waals surface area contributed by atoms with Gasteiger partial charge in [0.05, 0.1) is 6.54 Å². The Morgan fingerprint density at radius 1 is 1.06 bits per heavy atom. The van der Waals surface area contributed by atoms with Crippen molar-refractivity contribution >= 4 is 0 Å². The summed E-state index contributed by atoms with van der Waals surface area (Å²) in [7, 11) is 0. The summed E-state index contributed by atoms with van der Waals surface area (Å²) >= 11 is 0. The number of hydrogen-bond donors (Lipinski definition) is 0. The van der Waals surface area contributed by atoms with Crippen LogP contribution in [-0.2, 0) is 0 Å². The zero-order valence-electron chi connectivity index (χ0n) is 11.2. The average molecular weight is 239 g/mol. The molecule has 0 N–H and O–H groups in total. The molecule has 0 spiro atoms. The second-order valence-corrected chi connectivity index (χ2v) is 5.57. The molecular weight excluding hydrogens is 215 g/mol. The van der Waals surface area contributed by atoms with Gasteiger partial charge >= 0.3 is 6.18 Å². The normalized spacial score (nSPS) is 17.6. The third kappa shape index (κ3) is 5.19. The molecule has 0 saturated carbocycles. The van der Waals surface area contributed by atoms with E-state index in [0.717, 1.165) is 0 Å². The van der Waals surface area contributed by atoms with Crippen LogP contribution in [0.1, 0.15) is 41.5 Å². The van der Waals surface area contributed by atoms with Crippen LogP contribution < -0.4 is 0 Å². The van der Waals surface area contributed by atoms with E-state index in [2.05, 4.69) is 20.8 Å². The minimum Gasteiger partial charge on any atom is -0.292 e. The van der Waals surface area contributed by atoms with Crippen LogP contribution in [0.5, 0.6) is 0 Å². The van der Waals surface area contributed by atoms with Gasteiger partial charge in [-0.05, 0) is 24.8 Å². The number of hydrogen-bond acceptors (Lipinski definition) is 1. The zero-order valence-corrected chi connectivity index (χ0v) is 11.2. The highest BCUT2D eigenvalue weighted by atomic mass is 19.4. The molecule has 4 heteroatoms. The van der Waals surface area contributed by atoms with Crippen LogP contribution in [0.2, 0.25) is 0 Å². The smallest absolute Gasteiger partial charge is 0.292 e. The van der Waals surface area contributed by atoms with E-state index >= 15 is 0 Å². The lowest BCUT2D eigenvalue weighted by Crippen LogP contribution is -2.46. The minimum atomic E-state index is -4.11. The number of alkyl halides is 3.